The number of hydrogen-bond acceptors (Lipinski definition) is 7. The molecule has 1 aliphatic heterocycles. The number of carbonyl (C=O) groups excluding carboxylic acids is 1. The van der Waals surface area contributed by atoms with E-state index in [1.54, 1.807) is 11.8 Å². The first-order valence-corrected chi connectivity index (χ1v) is 11.6. The van der Waals surface area contributed by atoms with Crippen molar-refractivity contribution in [1.82, 2.24) is 9.58 Å². The van der Waals surface area contributed by atoms with Crippen molar-refractivity contribution in [1.29, 1.82) is 0 Å². The van der Waals surface area contributed by atoms with Gasteiger partial charge in [-0.2, -0.15) is 23.0 Å². The van der Waals surface area contributed by atoms with Crippen LogP contribution in [0.2, 0.25) is 0 Å². The summed E-state index contributed by atoms with van der Waals surface area (Å²) in [5, 5.41) is 5.96. The number of carbonyl (C=O) groups is 1. The average molecular weight is 525 g/mol. The Hall–Kier alpha value is -3.74. The second kappa shape index (κ2) is 10.3. The van der Waals surface area contributed by atoms with Gasteiger partial charge in [0.15, 0.2) is 0 Å². The molecule has 0 spiro atoms. The molecule has 8 N–H and O–H groups in total. The maximum Gasteiger partial charge on any atom is 0.416 e. The van der Waals surface area contributed by atoms with Gasteiger partial charge in [-0.15, -0.1) is 0 Å². The molecule has 3 rings (SSSR count). The van der Waals surface area contributed by atoms with Crippen LogP contribution in [-0.2, 0) is 22.8 Å². The van der Waals surface area contributed by atoms with Crippen LogP contribution in [-0.4, -0.2) is 41.3 Å². The number of anilines is 3. The van der Waals surface area contributed by atoms with Crippen LogP contribution in [0.4, 0.5) is 30.4 Å². The molecule has 10 nitrogen and oxygen atoms in total. The zero-order valence-corrected chi connectivity index (χ0v) is 21.2. The minimum atomic E-state index is -4.56. The molecule has 37 heavy (non-hydrogen) atoms. The number of H-pyrrole nitrogens is 1. The number of aromatic nitrogens is 2. The lowest BCUT2D eigenvalue weighted by Crippen LogP contribution is -2.49. The summed E-state index contributed by atoms with van der Waals surface area (Å²) in [6, 6.07) is 2.64. The fourth-order valence-corrected chi connectivity index (χ4v) is 4.44. The summed E-state index contributed by atoms with van der Waals surface area (Å²) in [5.41, 5.74) is 16.8. The first kappa shape index (κ1) is 27.8. The Balaban J connectivity index is 2.02. The molecule has 0 unspecified atom stereocenters. The highest BCUT2D eigenvalue weighted by atomic mass is 19.4. The Morgan fingerprint density at radius 3 is 2.41 bits per heavy atom. The van der Waals surface area contributed by atoms with Crippen LogP contribution in [0.5, 0.6) is 0 Å². The molecule has 1 aromatic heterocycles. The molecule has 0 bridgehead atoms. The molecule has 0 radical (unpaired) electrons. The standard InChI is InChI=1S/C24H32F3N7O3/c1-13(15-9-16(24(25,26)27)11-17(28)10-15)31-21-18(20(30)22(36)33(3)32-21)12-19(29)23(37-4)5-7-34(8-6-23)14(2)35/h9-13H,5-8,28-30H2,1-4H3,(H,31,32)/p+1/b19-12-/t13-/m1/s1. The predicted molar refractivity (Wildman–Crippen MR) is 134 cm³/mol. The predicted octanol–water partition coefficient (Wildman–Crippen LogP) is 1.88. The normalized spacial score (nSPS) is 16.9. The summed E-state index contributed by atoms with van der Waals surface area (Å²) in [7, 11) is 2.98. The summed E-state index contributed by atoms with van der Waals surface area (Å²) < 4.78 is 46.9. The molecule has 2 heterocycles. The number of nitrogens with two attached hydrogens (primary N) is 3. The van der Waals surface area contributed by atoms with Gasteiger partial charge in [0.2, 0.25) is 5.91 Å². The van der Waals surface area contributed by atoms with Gasteiger partial charge in [-0.05, 0) is 49.6 Å². The van der Waals surface area contributed by atoms with Gasteiger partial charge in [-0.25, -0.2) is 0 Å². The zero-order chi connectivity index (χ0) is 27.7. The number of piperidine rings is 1. The van der Waals surface area contributed by atoms with E-state index in [1.807, 2.05) is 0 Å². The smallest absolute Gasteiger partial charge is 0.400 e. The Morgan fingerprint density at radius 1 is 1.24 bits per heavy atom. The lowest BCUT2D eigenvalue weighted by molar-refractivity contribution is -0.478. The van der Waals surface area contributed by atoms with Crippen molar-refractivity contribution in [3.8, 4) is 0 Å². The minimum absolute atomic E-state index is 0.0364. The third-order valence-electron chi connectivity index (χ3n) is 6.77. The fourth-order valence-electron chi connectivity index (χ4n) is 4.44. The first-order chi connectivity index (χ1) is 17.2. The summed E-state index contributed by atoms with van der Waals surface area (Å²) in [5.74, 6) is 0.215. The SMILES string of the molecule is COC1(/C(N)=C/c2c(N[C@H](C)c3cc(N)cc(C(F)(F)F)c3)[nH+]n(C)c(=O)c2N)CCN(C(C)=O)CC1. The Labute approximate surface area is 212 Å². The van der Waals surface area contributed by atoms with Gasteiger partial charge in [0, 0.05) is 38.5 Å². The van der Waals surface area contributed by atoms with Crippen LogP contribution in [0.25, 0.3) is 6.08 Å². The number of nitrogen functional groups attached to an aromatic ring is 2. The van der Waals surface area contributed by atoms with Crippen LogP contribution in [0, 0.1) is 0 Å². The number of likely N-dealkylation sites (tertiary alicyclic amines) is 1. The van der Waals surface area contributed by atoms with E-state index in [2.05, 4.69) is 10.4 Å². The number of amides is 1. The lowest BCUT2D eigenvalue weighted by atomic mass is 9.87. The number of hydrogen-bond donors (Lipinski definition) is 4. The summed E-state index contributed by atoms with van der Waals surface area (Å²) in [4.78, 5) is 26.0. The van der Waals surface area contributed by atoms with E-state index in [9.17, 15) is 22.8 Å². The maximum absolute atomic E-state index is 13.3. The fraction of sp³-hybridized carbons (Fsp3) is 0.458. The highest BCUT2D eigenvalue weighted by Gasteiger charge is 2.38. The first-order valence-electron chi connectivity index (χ1n) is 11.6. The third kappa shape index (κ3) is 5.82. The van der Waals surface area contributed by atoms with Gasteiger partial charge in [0.05, 0.1) is 18.2 Å². The molecule has 1 saturated heterocycles. The van der Waals surface area contributed by atoms with Crippen molar-refractivity contribution in [2.24, 2.45) is 12.8 Å². The van der Waals surface area contributed by atoms with Gasteiger partial charge in [-0.1, -0.05) is 0 Å². The third-order valence-corrected chi connectivity index (χ3v) is 6.77. The average Bonchev–Trinajstić information content (AvgIpc) is 2.83. The summed E-state index contributed by atoms with van der Waals surface area (Å²) in [6.07, 6.45) is -2.17. The minimum Gasteiger partial charge on any atom is -0.400 e. The van der Waals surface area contributed by atoms with Crippen LogP contribution < -0.4 is 33.2 Å². The largest absolute Gasteiger partial charge is 0.416 e. The van der Waals surface area contributed by atoms with Crippen molar-refractivity contribution in [2.45, 2.75) is 44.5 Å². The zero-order valence-electron chi connectivity index (χ0n) is 21.2. The number of nitrogens with zero attached hydrogens (tertiary/aromatic N) is 2. The molecular formula is C24H33F3N7O3+. The number of ether oxygens (including phenoxy) is 1. The Bertz CT molecular complexity index is 1270. The molecule has 2 aromatic rings. The molecule has 0 saturated carbocycles. The quantitative estimate of drug-likeness (QED) is 0.421. The Morgan fingerprint density at radius 2 is 1.86 bits per heavy atom. The molecule has 1 fully saturated rings. The molecular weight excluding hydrogens is 491 g/mol. The van der Waals surface area contributed by atoms with Gasteiger partial charge < -0.3 is 26.8 Å². The number of rotatable bonds is 6. The molecule has 202 valence electrons. The molecule has 0 aliphatic carbocycles. The molecule has 1 aromatic carbocycles. The lowest BCUT2D eigenvalue weighted by Gasteiger charge is -2.41. The van der Waals surface area contributed by atoms with Crippen LogP contribution in [0.3, 0.4) is 0 Å². The maximum atomic E-state index is 13.3. The van der Waals surface area contributed by atoms with E-state index in [0.29, 0.717) is 31.6 Å². The number of benzene rings is 1. The van der Waals surface area contributed by atoms with Gasteiger partial charge in [0.1, 0.15) is 17.3 Å². The highest BCUT2D eigenvalue weighted by Crippen LogP contribution is 2.35. The highest BCUT2D eigenvalue weighted by molar-refractivity contribution is 5.75. The number of nitrogens with one attached hydrogen (secondary N) is 2. The van der Waals surface area contributed by atoms with Gasteiger partial charge in [-0.3, -0.25) is 14.9 Å². The van der Waals surface area contributed by atoms with E-state index in [-0.39, 0.29) is 34.2 Å². The van der Waals surface area contributed by atoms with Crippen LogP contribution in [0.1, 0.15) is 49.4 Å². The van der Waals surface area contributed by atoms with E-state index in [0.717, 1.165) is 16.8 Å². The summed E-state index contributed by atoms with van der Waals surface area (Å²) in [6.45, 7) is 4.02. The van der Waals surface area contributed by atoms with Crippen LogP contribution >= 0.6 is 0 Å². The Kier molecular flexibility index (Phi) is 7.77. The van der Waals surface area contributed by atoms with Crippen molar-refractivity contribution in [2.75, 3.05) is 37.0 Å². The topological polar surface area (TPSA) is 156 Å². The second-order valence-corrected chi connectivity index (χ2v) is 9.23. The number of aromatic amines is 1. The van der Waals surface area contributed by atoms with Crippen molar-refractivity contribution in [3.05, 3.63) is 50.9 Å². The second-order valence-electron chi connectivity index (χ2n) is 9.23. The number of methoxy groups -OCH3 is 1. The van der Waals surface area contributed by atoms with Crippen molar-refractivity contribution >= 4 is 29.2 Å². The number of halogens is 3. The van der Waals surface area contributed by atoms with Gasteiger partial charge in [0.25, 0.3) is 0 Å². The van der Waals surface area contributed by atoms with E-state index < -0.39 is 28.9 Å². The molecule has 1 aliphatic rings. The van der Waals surface area contributed by atoms with E-state index >= 15 is 0 Å². The number of aryl methyl sites for hydroxylation is 1. The number of alkyl halides is 3. The van der Waals surface area contributed by atoms with Crippen LogP contribution in [0.15, 0.2) is 28.7 Å². The van der Waals surface area contributed by atoms with Crippen molar-refractivity contribution < 1.29 is 27.8 Å². The molecule has 1 amide bonds. The van der Waals surface area contributed by atoms with Gasteiger partial charge >= 0.3 is 17.6 Å². The van der Waals surface area contributed by atoms with E-state index in [4.69, 9.17) is 21.9 Å². The van der Waals surface area contributed by atoms with E-state index in [1.165, 1.54) is 33.2 Å². The molecule has 13 heteroatoms. The monoisotopic (exact) mass is 524 g/mol. The van der Waals surface area contributed by atoms with Crippen molar-refractivity contribution in [3.63, 3.8) is 0 Å². The summed E-state index contributed by atoms with van der Waals surface area (Å²) >= 11 is 0. The molecule has 1 atom stereocenters.